The number of hydrogen-bond acceptors (Lipinski definition) is 2. The van der Waals surface area contributed by atoms with Gasteiger partial charge in [0.05, 0.1) is 5.41 Å². The average molecular weight is 161 g/mol. The Morgan fingerprint density at radius 2 is 1.86 bits per heavy atom. The highest BCUT2D eigenvalue weighted by atomic mass is 35.7. The van der Waals surface area contributed by atoms with Gasteiger partial charge in [0.1, 0.15) is 0 Å². The van der Waals surface area contributed by atoms with Crippen LogP contribution in [0.25, 0.3) is 0 Å². The number of hydrogen-bond donors (Lipinski definition) is 0. The predicted molar refractivity (Wildman–Crippen MR) is 29.8 cm³/mol. The first kappa shape index (κ1) is 7.27. The molecule has 0 saturated heterocycles. The second-order valence-corrected chi connectivity index (χ2v) is 3.50. The van der Waals surface area contributed by atoms with Crippen LogP contribution >= 0.6 is 22.3 Å². The van der Waals surface area contributed by atoms with E-state index in [0.29, 0.717) is 5.41 Å². The fraction of sp³-hybridized carbons (Fsp3) is 0. The normalized spacial score (nSPS) is 12.9. The largest absolute Gasteiger partial charge is 0.255 e. The Bertz CT molecular complexity index is 157. The van der Waals surface area contributed by atoms with Gasteiger partial charge in [0.15, 0.2) is 0 Å². The van der Waals surface area contributed by atoms with E-state index in [0.717, 1.165) is 5.54 Å². The van der Waals surface area contributed by atoms with Crippen molar-refractivity contribution >= 4 is 31.3 Å². The van der Waals surface area contributed by atoms with Crippen molar-refractivity contribution < 1.29 is 8.42 Å². The molecule has 42 valence electrons. The molecule has 7 heavy (non-hydrogen) atoms. The van der Waals surface area contributed by atoms with Gasteiger partial charge in [-0.25, -0.2) is 8.42 Å². The van der Waals surface area contributed by atoms with Crippen molar-refractivity contribution in [1.82, 2.24) is 0 Å². The van der Waals surface area contributed by atoms with Crippen LogP contribution in [0.5, 0.6) is 0 Å². The highest BCUT2D eigenvalue weighted by Crippen LogP contribution is 1.97. The first-order valence-corrected chi connectivity index (χ1v) is 4.08. The molecule has 0 amide bonds. The van der Waals surface area contributed by atoms with Crippen molar-refractivity contribution in [3.8, 4) is 0 Å². The maximum absolute atomic E-state index is 9.83. The van der Waals surface area contributed by atoms with Crippen molar-refractivity contribution in [1.29, 1.82) is 0 Å². The van der Waals surface area contributed by atoms with Gasteiger partial charge in [-0.3, -0.25) is 0 Å². The van der Waals surface area contributed by atoms with E-state index in [9.17, 15) is 8.42 Å². The van der Waals surface area contributed by atoms with Crippen LogP contribution in [0.1, 0.15) is 0 Å². The van der Waals surface area contributed by atoms with Gasteiger partial charge in [0.2, 0.25) is 0 Å². The smallest absolute Gasteiger partial charge is 0.208 e. The third kappa shape index (κ3) is 6.27. The van der Waals surface area contributed by atoms with E-state index in [1.54, 1.807) is 0 Å². The number of rotatable bonds is 1. The predicted octanol–water partition coefficient (Wildman–Crippen LogP) is 1.27. The lowest BCUT2D eigenvalue weighted by Gasteiger charge is -1.72. The monoisotopic (exact) mass is 160 g/mol. The molecule has 0 aliphatic rings. The molecule has 0 unspecified atom stereocenters. The Hall–Kier alpha value is 0.270. The lowest BCUT2D eigenvalue weighted by molar-refractivity contribution is 0.617. The van der Waals surface area contributed by atoms with Crippen molar-refractivity contribution in [2.75, 3.05) is 0 Å². The summed E-state index contributed by atoms with van der Waals surface area (Å²) < 4.78 is 19.7. The summed E-state index contributed by atoms with van der Waals surface area (Å²) >= 11 is 4.84. The van der Waals surface area contributed by atoms with Gasteiger partial charge in [-0.05, 0) is 0 Å². The van der Waals surface area contributed by atoms with Crippen LogP contribution in [0.4, 0.5) is 0 Å². The molecule has 0 aliphatic carbocycles. The molecule has 2 nitrogen and oxygen atoms in total. The van der Waals surface area contributed by atoms with Crippen molar-refractivity contribution in [2.24, 2.45) is 0 Å². The van der Waals surface area contributed by atoms with E-state index in [4.69, 9.17) is 11.6 Å². The van der Waals surface area contributed by atoms with E-state index < -0.39 is 9.05 Å². The first-order chi connectivity index (χ1) is 3.06. The van der Waals surface area contributed by atoms with Crippen molar-refractivity contribution in [3.05, 3.63) is 10.9 Å². The topological polar surface area (TPSA) is 34.1 Å². The van der Waals surface area contributed by atoms with Gasteiger partial charge >= 0.3 is 0 Å². The summed E-state index contributed by atoms with van der Waals surface area (Å²) in [6.45, 7) is 0. The molecule has 0 atom stereocenters. The molecule has 0 radical (unpaired) electrons. The van der Waals surface area contributed by atoms with Gasteiger partial charge in [-0.15, -0.1) is 0 Å². The van der Waals surface area contributed by atoms with Gasteiger partial charge in [-0.2, -0.15) is 0 Å². The van der Waals surface area contributed by atoms with Crippen LogP contribution in [0, 0.1) is 0 Å². The van der Waals surface area contributed by atoms with E-state index in [1.165, 1.54) is 0 Å². The van der Waals surface area contributed by atoms with Crippen LogP contribution in [-0.2, 0) is 9.05 Å². The zero-order valence-electron chi connectivity index (χ0n) is 3.14. The summed E-state index contributed by atoms with van der Waals surface area (Å²) in [6.07, 6.45) is 0. The van der Waals surface area contributed by atoms with Gasteiger partial charge in [0.25, 0.3) is 9.05 Å². The second-order valence-electron chi connectivity index (χ2n) is 0.738. The van der Waals surface area contributed by atoms with Gasteiger partial charge < -0.3 is 0 Å². The highest BCUT2D eigenvalue weighted by Gasteiger charge is 1.92. The van der Waals surface area contributed by atoms with Crippen LogP contribution in [-0.4, -0.2) is 8.42 Å². The van der Waals surface area contributed by atoms with Crippen LogP contribution in [0.3, 0.4) is 0 Å². The molecule has 0 fully saturated rings. The fourth-order valence-electron chi connectivity index (χ4n) is 0.0614. The highest BCUT2D eigenvalue weighted by molar-refractivity contribution is 8.16. The van der Waals surface area contributed by atoms with Gasteiger partial charge in [-0.1, -0.05) is 11.6 Å². The minimum atomic E-state index is -3.51. The molecule has 0 saturated carbocycles. The summed E-state index contributed by atoms with van der Waals surface area (Å²) in [5.74, 6) is 0. The molecule has 0 N–H and O–H groups in total. The standard InChI is InChI=1S/C2H2Cl2O2S/c3-1-2-7(4,5)6/h1-2H. The Morgan fingerprint density at radius 1 is 1.43 bits per heavy atom. The average Bonchev–Trinajstić information content (AvgIpc) is 1.30. The summed E-state index contributed by atoms with van der Waals surface area (Å²) in [7, 11) is 1.12. The third-order valence-electron chi connectivity index (χ3n) is 0.214. The number of halogens is 2. The minimum Gasteiger partial charge on any atom is -0.208 e. The Kier molecular flexibility index (Phi) is 2.64. The molecule has 0 bridgehead atoms. The van der Waals surface area contributed by atoms with E-state index >= 15 is 0 Å². The van der Waals surface area contributed by atoms with Crippen LogP contribution < -0.4 is 0 Å². The molecule has 0 aliphatic heterocycles. The van der Waals surface area contributed by atoms with Gasteiger partial charge in [0, 0.05) is 16.2 Å². The van der Waals surface area contributed by atoms with E-state index in [1.807, 2.05) is 0 Å². The Balaban J connectivity index is 4.13. The van der Waals surface area contributed by atoms with E-state index in [-0.39, 0.29) is 0 Å². The van der Waals surface area contributed by atoms with E-state index in [2.05, 4.69) is 10.7 Å². The zero-order chi connectivity index (χ0) is 5.91. The lowest BCUT2D eigenvalue weighted by Crippen LogP contribution is -1.75. The molecular weight excluding hydrogens is 159 g/mol. The molecule has 0 rings (SSSR count). The Labute approximate surface area is 51.2 Å². The molecule has 0 spiro atoms. The van der Waals surface area contributed by atoms with Crippen LogP contribution in [0.2, 0.25) is 0 Å². The SMILES string of the molecule is O=S(=O)(Cl)C=CCl. The summed E-state index contributed by atoms with van der Waals surface area (Å²) in [5.41, 5.74) is 0.836. The summed E-state index contributed by atoms with van der Waals surface area (Å²) in [5, 5.41) is 0.691. The van der Waals surface area contributed by atoms with Crippen molar-refractivity contribution in [2.45, 2.75) is 0 Å². The molecule has 5 heteroatoms. The molecule has 0 heterocycles. The lowest BCUT2D eigenvalue weighted by atomic mass is 11.3. The quantitative estimate of drug-likeness (QED) is 0.542. The first-order valence-electron chi connectivity index (χ1n) is 1.27. The van der Waals surface area contributed by atoms with Crippen LogP contribution in [0.15, 0.2) is 10.9 Å². The third-order valence-corrected chi connectivity index (χ3v) is 1.26. The maximum atomic E-state index is 9.83. The fourth-order valence-corrected chi connectivity index (χ4v) is 0.903. The minimum absolute atomic E-state index is 0.691. The summed E-state index contributed by atoms with van der Waals surface area (Å²) in [6, 6.07) is 0. The maximum Gasteiger partial charge on any atom is 0.255 e. The summed E-state index contributed by atoms with van der Waals surface area (Å²) in [4.78, 5) is 0. The molecule has 0 aromatic heterocycles. The Morgan fingerprint density at radius 3 is 1.86 bits per heavy atom. The molecule has 0 aromatic carbocycles. The molecule has 0 aromatic rings. The van der Waals surface area contributed by atoms with Crippen molar-refractivity contribution in [3.63, 3.8) is 0 Å². The second kappa shape index (κ2) is 2.55. The molecular formula is C2H2Cl2O2S. The zero-order valence-corrected chi connectivity index (χ0v) is 5.46.